The van der Waals surface area contributed by atoms with Gasteiger partial charge in [-0.3, -0.25) is 4.98 Å². The number of anilines is 1. The van der Waals surface area contributed by atoms with E-state index in [-0.39, 0.29) is 5.41 Å². The highest BCUT2D eigenvalue weighted by Gasteiger charge is 2.19. The monoisotopic (exact) mass is 271 g/mol. The van der Waals surface area contributed by atoms with Crippen LogP contribution in [0.25, 0.3) is 11.5 Å². The van der Waals surface area contributed by atoms with Crippen LogP contribution in [0.3, 0.4) is 0 Å². The molecule has 2 heterocycles. The predicted molar refractivity (Wildman–Crippen MR) is 81.2 cm³/mol. The lowest BCUT2D eigenvalue weighted by Gasteiger charge is -2.19. The molecule has 0 aliphatic rings. The number of hydrazine groups is 1. The van der Waals surface area contributed by atoms with Crippen LogP contribution in [0.15, 0.2) is 18.3 Å². The molecule has 106 valence electrons. The van der Waals surface area contributed by atoms with Crippen LogP contribution >= 0.6 is 0 Å². The van der Waals surface area contributed by atoms with E-state index in [0.29, 0.717) is 11.6 Å². The smallest absolute Gasteiger partial charge is 0.180 e. The third-order valence-corrected chi connectivity index (χ3v) is 3.07. The summed E-state index contributed by atoms with van der Waals surface area (Å²) in [5.41, 5.74) is 6.41. The zero-order valence-electron chi connectivity index (χ0n) is 12.7. The summed E-state index contributed by atoms with van der Waals surface area (Å²) in [4.78, 5) is 13.5. The van der Waals surface area contributed by atoms with Crippen molar-refractivity contribution in [3.05, 3.63) is 35.2 Å². The molecule has 0 bridgehead atoms. The highest BCUT2D eigenvalue weighted by Crippen LogP contribution is 2.26. The van der Waals surface area contributed by atoms with Gasteiger partial charge in [-0.1, -0.05) is 26.8 Å². The molecule has 0 saturated carbocycles. The van der Waals surface area contributed by atoms with Gasteiger partial charge in [-0.25, -0.2) is 15.8 Å². The molecule has 0 fully saturated rings. The van der Waals surface area contributed by atoms with Crippen LogP contribution in [-0.2, 0) is 5.41 Å². The van der Waals surface area contributed by atoms with Gasteiger partial charge in [0.05, 0.1) is 5.69 Å². The third kappa shape index (κ3) is 2.93. The molecular weight excluding hydrogens is 250 g/mol. The van der Waals surface area contributed by atoms with Crippen molar-refractivity contribution in [2.45, 2.75) is 40.0 Å². The van der Waals surface area contributed by atoms with Crippen LogP contribution < -0.4 is 11.3 Å². The minimum absolute atomic E-state index is 0.0815. The maximum absolute atomic E-state index is 5.51. The number of hydrogen-bond acceptors (Lipinski definition) is 5. The van der Waals surface area contributed by atoms with E-state index in [4.69, 9.17) is 5.84 Å². The summed E-state index contributed by atoms with van der Waals surface area (Å²) in [6.45, 7) is 10.3. The number of nitrogen functional groups attached to an aromatic ring is 1. The first-order valence-electron chi connectivity index (χ1n) is 6.61. The van der Waals surface area contributed by atoms with E-state index in [0.717, 1.165) is 22.5 Å². The van der Waals surface area contributed by atoms with Gasteiger partial charge in [0.2, 0.25) is 0 Å². The van der Waals surface area contributed by atoms with Crippen LogP contribution in [-0.4, -0.2) is 15.0 Å². The molecule has 2 aromatic heterocycles. The van der Waals surface area contributed by atoms with Gasteiger partial charge in [-0.05, 0) is 25.0 Å². The van der Waals surface area contributed by atoms with Crippen molar-refractivity contribution < 1.29 is 0 Å². The first-order valence-corrected chi connectivity index (χ1v) is 6.61. The van der Waals surface area contributed by atoms with E-state index in [1.807, 2.05) is 26.1 Å². The van der Waals surface area contributed by atoms with Crippen molar-refractivity contribution >= 4 is 5.82 Å². The van der Waals surface area contributed by atoms with Gasteiger partial charge >= 0.3 is 0 Å². The molecule has 2 rings (SSSR count). The Bertz CT molecular complexity index is 629. The van der Waals surface area contributed by atoms with E-state index < -0.39 is 0 Å². The Morgan fingerprint density at radius 2 is 1.80 bits per heavy atom. The number of aryl methyl sites for hydroxylation is 2. The molecule has 0 amide bonds. The number of nitrogens with zero attached hydrogens (tertiary/aromatic N) is 3. The van der Waals surface area contributed by atoms with Crippen LogP contribution in [0.5, 0.6) is 0 Å². The quantitative estimate of drug-likeness (QED) is 0.648. The van der Waals surface area contributed by atoms with Gasteiger partial charge in [0.25, 0.3) is 0 Å². The molecule has 0 radical (unpaired) electrons. The van der Waals surface area contributed by atoms with Gasteiger partial charge in [-0.15, -0.1) is 0 Å². The number of pyridine rings is 1. The van der Waals surface area contributed by atoms with Gasteiger partial charge in [0.15, 0.2) is 5.82 Å². The summed E-state index contributed by atoms with van der Waals surface area (Å²) in [6, 6.07) is 3.94. The minimum Gasteiger partial charge on any atom is -0.308 e. The van der Waals surface area contributed by atoms with Crippen LogP contribution in [0.1, 0.15) is 37.6 Å². The van der Waals surface area contributed by atoms with Crippen molar-refractivity contribution in [2.75, 3.05) is 5.43 Å². The summed E-state index contributed by atoms with van der Waals surface area (Å²) in [6.07, 6.45) is 1.82. The average molecular weight is 271 g/mol. The zero-order chi connectivity index (χ0) is 14.9. The molecule has 5 nitrogen and oxygen atoms in total. The molecule has 0 atom stereocenters. The van der Waals surface area contributed by atoms with Gasteiger partial charge in [-0.2, -0.15) is 0 Å². The van der Waals surface area contributed by atoms with Gasteiger partial charge in [0.1, 0.15) is 11.5 Å². The zero-order valence-corrected chi connectivity index (χ0v) is 12.7. The lowest BCUT2D eigenvalue weighted by Crippen LogP contribution is -2.17. The lowest BCUT2D eigenvalue weighted by atomic mass is 9.92. The Labute approximate surface area is 119 Å². The van der Waals surface area contributed by atoms with Crippen LogP contribution in [0, 0.1) is 13.8 Å². The fourth-order valence-electron chi connectivity index (χ4n) is 1.96. The highest BCUT2D eigenvalue weighted by molar-refractivity contribution is 5.57. The average Bonchev–Trinajstić information content (AvgIpc) is 2.37. The number of rotatable bonds is 2. The molecule has 2 aromatic rings. The molecule has 0 aromatic carbocycles. The second-order valence-corrected chi connectivity index (χ2v) is 6.03. The topological polar surface area (TPSA) is 76.7 Å². The number of nitrogens with one attached hydrogen (secondary N) is 1. The molecule has 0 aliphatic carbocycles. The van der Waals surface area contributed by atoms with Gasteiger partial charge in [0, 0.05) is 17.7 Å². The number of nitrogens with two attached hydrogens (primary N) is 1. The summed E-state index contributed by atoms with van der Waals surface area (Å²) < 4.78 is 0. The van der Waals surface area contributed by atoms with E-state index >= 15 is 0 Å². The van der Waals surface area contributed by atoms with Crippen molar-refractivity contribution in [1.29, 1.82) is 0 Å². The molecule has 5 heteroatoms. The van der Waals surface area contributed by atoms with Crippen LogP contribution in [0.4, 0.5) is 5.82 Å². The summed E-state index contributed by atoms with van der Waals surface area (Å²) in [5, 5.41) is 0. The van der Waals surface area contributed by atoms with Crippen molar-refractivity contribution in [3.63, 3.8) is 0 Å². The fraction of sp³-hybridized carbons (Fsp3) is 0.400. The van der Waals surface area contributed by atoms with E-state index in [2.05, 4.69) is 47.2 Å². The standard InChI is InChI=1S/C15H21N5/c1-9-6-10(2)13(17-8-9)14-18-11(15(3,4)5)7-12(19-14)20-16/h6-8H,16H2,1-5H3,(H,18,19,20). The summed E-state index contributed by atoms with van der Waals surface area (Å²) in [7, 11) is 0. The Kier molecular flexibility index (Phi) is 3.72. The third-order valence-electron chi connectivity index (χ3n) is 3.07. The summed E-state index contributed by atoms with van der Waals surface area (Å²) >= 11 is 0. The first-order chi connectivity index (χ1) is 9.31. The molecule has 0 aliphatic heterocycles. The Morgan fingerprint density at radius 3 is 2.35 bits per heavy atom. The van der Waals surface area contributed by atoms with Crippen molar-refractivity contribution in [2.24, 2.45) is 5.84 Å². The molecule has 20 heavy (non-hydrogen) atoms. The minimum atomic E-state index is -0.0815. The second kappa shape index (κ2) is 5.17. The Balaban J connectivity index is 2.61. The lowest BCUT2D eigenvalue weighted by molar-refractivity contribution is 0.568. The maximum Gasteiger partial charge on any atom is 0.180 e. The molecule has 0 saturated heterocycles. The fourth-order valence-corrected chi connectivity index (χ4v) is 1.96. The van der Waals surface area contributed by atoms with E-state index in [1.165, 1.54) is 0 Å². The molecular formula is C15H21N5. The first kappa shape index (κ1) is 14.4. The molecule has 0 spiro atoms. The van der Waals surface area contributed by atoms with Crippen LogP contribution in [0.2, 0.25) is 0 Å². The van der Waals surface area contributed by atoms with Crippen molar-refractivity contribution in [1.82, 2.24) is 15.0 Å². The van der Waals surface area contributed by atoms with Gasteiger partial charge < -0.3 is 5.43 Å². The second-order valence-electron chi connectivity index (χ2n) is 6.03. The molecule has 0 unspecified atom stereocenters. The highest BCUT2D eigenvalue weighted by atomic mass is 15.3. The normalized spacial score (nSPS) is 11.5. The Hall–Kier alpha value is -2.01. The van der Waals surface area contributed by atoms with E-state index in [9.17, 15) is 0 Å². The SMILES string of the molecule is Cc1cnc(-c2nc(NN)cc(C(C)(C)C)n2)c(C)c1. The largest absolute Gasteiger partial charge is 0.308 e. The number of aromatic nitrogens is 3. The Morgan fingerprint density at radius 1 is 1.10 bits per heavy atom. The molecule has 3 N–H and O–H groups in total. The predicted octanol–water partition coefficient (Wildman–Crippen LogP) is 2.74. The maximum atomic E-state index is 5.51. The van der Waals surface area contributed by atoms with E-state index in [1.54, 1.807) is 0 Å². The number of hydrogen-bond donors (Lipinski definition) is 2. The van der Waals surface area contributed by atoms with Crippen molar-refractivity contribution in [3.8, 4) is 11.5 Å². The summed E-state index contributed by atoms with van der Waals surface area (Å²) in [5.74, 6) is 6.71.